The second-order valence-electron chi connectivity index (χ2n) is 6.82. The van der Waals surface area contributed by atoms with Gasteiger partial charge in [-0.1, -0.05) is 13.8 Å². The summed E-state index contributed by atoms with van der Waals surface area (Å²) in [6.07, 6.45) is -4.42. The van der Waals surface area contributed by atoms with Crippen molar-refractivity contribution in [3.8, 4) is 0 Å². The first kappa shape index (κ1) is 22.5. The van der Waals surface area contributed by atoms with Gasteiger partial charge in [0.05, 0.1) is 19.3 Å². The molecule has 1 rings (SSSR count). The number of nitrogens with one attached hydrogen (secondary N) is 2. The fraction of sp³-hybridized carbons (Fsp3) is 0.875. The second kappa shape index (κ2) is 10.6. The number of hydrogen-bond acceptors (Lipinski definition) is 4. The first-order valence-corrected chi connectivity index (χ1v) is 8.70. The minimum atomic E-state index is -4.41. The van der Waals surface area contributed by atoms with Crippen LogP contribution in [0.4, 0.5) is 13.2 Å². The fourth-order valence-electron chi connectivity index (χ4n) is 2.67. The number of alkyl halides is 3. The minimum absolute atomic E-state index is 0.00958. The van der Waals surface area contributed by atoms with Crippen LogP contribution in [-0.2, 0) is 9.53 Å². The number of halogens is 3. The van der Waals surface area contributed by atoms with Gasteiger partial charge in [0.1, 0.15) is 6.54 Å². The van der Waals surface area contributed by atoms with Crippen LogP contribution in [-0.4, -0.2) is 93.9 Å². The van der Waals surface area contributed by atoms with E-state index in [0.717, 1.165) is 26.7 Å². The van der Waals surface area contributed by atoms with Crippen molar-refractivity contribution in [3.05, 3.63) is 0 Å². The summed E-state index contributed by atoms with van der Waals surface area (Å²) in [6, 6.07) is 0. The van der Waals surface area contributed by atoms with E-state index in [1.165, 1.54) is 7.05 Å². The lowest BCUT2D eigenvalue weighted by molar-refractivity contribution is -0.157. The van der Waals surface area contributed by atoms with E-state index < -0.39 is 18.6 Å². The maximum atomic E-state index is 12.3. The Bertz CT molecular complexity index is 471. The monoisotopic (exact) mass is 381 g/mol. The number of rotatable bonds is 7. The van der Waals surface area contributed by atoms with Gasteiger partial charge in [-0.2, -0.15) is 13.2 Å². The topological polar surface area (TPSA) is 69.2 Å². The summed E-state index contributed by atoms with van der Waals surface area (Å²) in [4.78, 5) is 18.7. The molecule has 0 aromatic rings. The second-order valence-corrected chi connectivity index (χ2v) is 6.82. The quantitative estimate of drug-likeness (QED) is 0.497. The lowest BCUT2D eigenvalue weighted by Crippen LogP contribution is -2.51. The molecular weight excluding hydrogens is 351 g/mol. The zero-order chi connectivity index (χ0) is 19.7. The molecule has 1 heterocycles. The molecule has 0 saturated carbocycles. The van der Waals surface area contributed by atoms with Gasteiger partial charge in [-0.05, 0) is 5.92 Å². The normalized spacial score (nSPS) is 19.5. The van der Waals surface area contributed by atoms with E-state index in [0.29, 0.717) is 29.9 Å². The van der Waals surface area contributed by atoms with E-state index in [1.807, 2.05) is 0 Å². The maximum Gasteiger partial charge on any atom is 0.406 e. The number of aliphatic imine (C=N–C) groups is 1. The highest BCUT2D eigenvalue weighted by molar-refractivity contribution is 5.86. The molecule has 0 aromatic carbocycles. The highest BCUT2D eigenvalue weighted by Crippen LogP contribution is 2.15. The lowest BCUT2D eigenvalue weighted by Gasteiger charge is -2.34. The van der Waals surface area contributed by atoms with Crippen molar-refractivity contribution >= 4 is 11.9 Å². The molecule has 2 N–H and O–H groups in total. The third-order valence-corrected chi connectivity index (χ3v) is 3.82. The summed E-state index contributed by atoms with van der Waals surface area (Å²) in [5, 5.41) is 5.78. The minimum Gasteiger partial charge on any atom is -0.374 e. The van der Waals surface area contributed by atoms with Crippen LogP contribution in [0.15, 0.2) is 4.99 Å². The average Bonchev–Trinajstić information content (AvgIpc) is 2.52. The lowest BCUT2D eigenvalue weighted by atomic mass is 10.2. The van der Waals surface area contributed by atoms with Crippen molar-refractivity contribution < 1.29 is 22.7 Å². The SMILES string of the molecule is CN=C(NCC(=O)N(C)CC(F)(F)F)NCC1CN(CC(C)C)CCO1. The largest absolute Gasteiger partial charge is 0.406 e. The molecule has 152 valence electrons. The van der Waals surface area contributed by atoms with Gasteiger partial charge in [-0.3, -0.25) is 14.7 Å². The van der Waals surface area contributed by atoms with Gasteiger partial charge >= 0.3 is 6.18 Å². The molecule has 26 heavy (non-hydrogen) atoms. The van der Waals surface area contributed by atoms with Crippen LogP contribution in [0.2, 0.25) is 0 Å². The third-order valence-electron chi connectivity index (χ3n) is 3.82. The molecule has 0 spiro atoms. The molecule has 0 aromatic heterocycles. The van der Waals surface area contributed by atoms with Gasteiger partial charge in [0, 0.05) is 40.3 Å². The van der Waals surface area contributed by atoms with E-state index >= 15 is 0 Å². The van der Waals surface area contributed by atoms with Crippen LogP contribution in [0.3, 0.4) is 0 Å². The summed E-state index contributed by atoms with van der Waals surface area (Å²) in [6.45, 7) is 6.66. The molecular formula is C16H30F3N5O2. The molecule has 1 fully saturated rings. The van der Waals surface area contributed by atoms with Crippen LogP contribution in [0, 0.1) is 5.92 Å². The van der Waals surface area contributed by atoms with E-state index in [9.17, 15) is 18.0 Å². The van der Waals surface area contributed by atoms with Gasteiger partial charge in [-0.15, -0.1) is 0 Å². The number of carbonyl (C=O) groups excluding carboxylic acids is 1. The Morgan fingerprint density at radius 1 is 1.38 bits per heavy atom. The predicted molar refractivity (Wildman–Crippen MR) is 94.1 cm³/mol. The Morgan fingerprint density at radius 3 is 2.65 bits per heavy atom. The number of guanidine groups is 1. The van der Waals surface area contributed by atoms with Crippen molar-refractivity contribution in [2.75, 3.05) is 60.0 Å². The van der Waals surface area contributed by atoms with Crippen molar-refractivity contribution in [1.82, 2.24) is 20.4 Å². The van der Waals surface area contributed by atoms with Crippen LogP contribution < -0.4 is 10.6 Å². The molecule has 1 unspecified atom stereocenters. The zero-order valence-electron chi connectivity index (χ0n) is 15.9. The van der Waals surface area contributed by atoms with Crippen molar-refractivity contribution in [2.24, 2.45) is 10.9 Å². The summed E-state index contributed by atoms with van der Waals surface area (Å²) < 4.78 is 42.6. The van der Waals surface area contributed by atoms with Gasteiger partial charge < -0.3 is 20.3 Å². The number of amides is 1. The molecule has 1 aliphatic heterocycles. The standard InChI is InChI=1S/C16H30F3N5O2/c1-12(2)9-24-5-6-26-13(10-24)7-21-15(20-3)22-8-14(25)23(4)11-16(17,18)19/h12-13H,5-11H2,1-4H3,(H2,20,21,22). The third kappa shape index (κ3) is 9.23. The molecule has 1 aliphatic rings. The number of ether oxygens (including phenoxy) is 1. The first-order valence-electron chi connectivity index (χ1n) is 8.70. The fourth-order valence-corrected chi connectivity index (χ4v) is 2.67. The van der Waals surface area contributed by atoms with E-state index in [1.54, 1.807) is 0 Å². The van der Waals surface area contributed by atoms with Crippen molar-refractivity contribution in [1.29, 1.82) is 0 Å². The number of likely N-dealkylation sites (N-methyl/N-ethyl adjacent to an activating group) is 1. The molecule has 0 radical (unpaired) electrons. The molecule has 10 heteroatoms. The molecule has 1 amide bonds. The van der Waals surface area contributed by atoms with Gasteiger partial charge in [0.15, 0.2) is 5.96 Å². The average molecular weight is 381 g/mol. The van der Waals surface area contributed by atoms with Crippen LogP contribution in [0.5, 0.6) is 0 Å². The van der Waals surface area contributed by atoms with E-state index in [4.69, 9.17) is 4.74 Å². The molecule has 1 atom stereocenters. The van der Waals surface area contributed by atoms with Gasteiger partial charge in [0.2, 0.25) is 5.91 Å². The van der Waals surface area contributed by atoms with Crippen LogP contribution in [0.1, 0.15) is 13.8 Å². The van der Waals surface area contributed by atoms with Gasteiger partial charge in [0.25, 0.3) is 0 Å². The number of carbonyl (C=O) groups is 1. The Labute approximate surface area is 152 Å². The summed E-state index contributed by atoms with van der Waals surface area (Å²) in [7, 11) is 2.65. The Morgan fingerprint density at radius 2 is 2.08 bits per heavy atom. The number of morpholine rings is 1. The van der Waals surface area contributed by atoms with Crippen molar-refractivity contribution in [2.45, 2.75) is 26.1 Å². The highest BCUT2D eigenvalue weighted by Gasteiger charge is 2.31. The first-order chi connectivity index (χ1) is 12.1. The molecule has 0 aliphatic carbocycles. The molecule has 1 saturated heterocycles. The summed E-state index contributed by atoms with van der Waals surface area (Å²) >= 11 is 0. The molecule has 7 nitrogen and oxygen atoms in total. The summed E-state index contributed by atoms with van der Waals surface area (Å²) in [5.74, 6) is 0.265. The van der Waals surface area contributed by atoms with Crippen LogP contribution >= 0.6 is 0 Å². The Balaban J connectivity index is 2.35. The van der Waals surface area contributed by atoms with Crippen LogP contribution in [0.25, 0.3) is 0 Å². The van der Waals surface area contributed by atoms with Gasteiger partial charge in [-0.25, -0.2) is 0 Å². The number of nitrogens with zero attached hydrogens (tertiary/aromatic N) is 3. The Hall–Kier alpha value is -1.55. The maximum absolute atomic E-state index is 12.3. The summed E-state index contributed by atoms with van der Waals surface area (Å²) in [5.41, 5.74) is 0. The zero-order valence-corrected chi connectivity index (χ0v) is 15.9. The Kier molecular flexibility index (Phi) is 9.14. The molecule has 0 bridgehead atoms. The number of hydrogen-bond donors (Lipinski definition) is 2. The van der Waals surface area contributed by atoms with E-state index in [2.05, 4.69) is 34.4 Å². The predicted octanol–water partition coefficient (Wildman–Crippen LogP) is 0.529. The smallest absolute Gasteiger partial charge is 0.374 e. The van der Waals surface area contributed by atoms with E-state index in [-0.39, 0.29) is 12.6 Å². The van der Waals surface area contributed by atoms with Crippen molar-refractivity contribution in [3.63, 3.8) is 0 Å². The highest BCUT2D eigenvalue weighted by atomic mass is 19.4.